The Morgan fingerprint density at radius 3 is 1.94 bits per heavy atom. The van der Waals surface area contributed by atoms with Crippen LogP contribution in [0.2, 0.25) is 0 Å². The normalized spacial score (nSPS) is 12.1. The fourth-order valence-electron chi connectivity index (χ4n) is 3.01. The van der Waals surface area contributed by atoms with Gasteiger partial charge in [-0.15, -0.1) is 0 Å². The zero-order chi connectivity index (χ0) is 24.0. The molecule has 10 heteroatoms. The highest BCUT2D eigenvalue weighted by Gasteiger charge is 2.18. The number of benzene rings is 3. The van der Waals surface area contributed by atoms with Crippen molar-refractivity contribution in [2.75, 3.05) is 11.3 Å². The summed E-state index contributed by atoms with van der Waals surface area (Å²) in [6.07, 6.45) is 0.236. The van der Waals surface area contributed by atoms with Gasteiger partial charge in [-0.25, -0.2) is 17.2 Å². The summed E-state index contributed by atoms with van der Waals surface area (Å²) in [6.45, 7) is -0.0233. The highest BCUT2D eigenvalue weighted by molar-refractivity contribution is 7.92. The van der Waals surface area contributed by atoms with E-state index in [2.05, 4.69) is 10.0 Å². The molecule has 0 saturated heterocycles. The minimum Gasteiger partial charge on any atom is -0.369 e. The van der Waals surface area contributed by atoms with E-state index >= 15 is 0 Å². The second kappa shape index (κ2) is 10.2. The highest BCUT2D eigenvalue weighted by atomic mass is 32.2. The first-order valence-electron chi connectivity index (χ1n) is 9.84. The van der Waals surface area contributed by atoms with Gasteiger partial charge in [0.15, 0.2) is 0 Å². The van der Waals surface area contributed by atoms with Crippen LogP contribution in [0, 0.1) is 17.6 Å². The molecule has 0 aliphatic rings. The molecule has 0 fully saturated rings. The molecule has 1 atom stereocenters. The van der Waals surface area contributed by atoms with Gasteiger partial charge in [0.05, 0.1) is 10.8 Å². The molecule has 0 saturated carbocycles. The summed E-state index contributed by atoms with van der Waals surface area (Å²) < 4.78 is 53.1. The van der Waals surface area contributed by atoms with E-state index in [4.69, 9.17) is 5.73 Å². The monoisotopic (exact) mass is 473 g/mol. The average molecular weight is 474 g/mol. The van der Waals surface area contributed by atoms with Crippen molar-refractivity contribution < 1.29 is 26.8 Å². The molecule has 3 aromatic carbocycles. The van der Waals surface area contributed by atoms with Gasteiger partial charge < -0.3 is 11.1 Å². The number of amides is 2. The van der Waals surface area contributed by atoms with Crippen LogP contribution in [0.4, 0.5) is 14.5 Å². The number of hydrogen-bond donors (Lipinski definition) is 3. The molecule has 33 heavy (non-hydrogen) atoms. The van der Waals surface area contributed by atoms with Crippen molar-refractivity contribution in [1.82, 2.24) is 5.32 Å². The first-order chi connectivity index (χ1) is 15.6. The lowest BCUT2D eigenvalue weighted by Gasteiger charge is -2.15. The Labute approximate surface area is 189 Å². The summed E-state index contributed by atoms with van der Waals surface area (Å²) in [5.74, 6) is -2.73. The third kappa shape index (κ3) is 6.59. The number of nitrogens with two attached hydrogens (primary N) is 1. The fourth-order valence-corrected chi connectivity index (χ4v) is 4.07. The first-order valence-corrected chi connectivity index (χ1v) is 11.3. The Hall–Kier alpha value is -3.79. The Bertz CT molecular complexity index is 1230. The molecule has 0 radical (unpaired) electrons. The second-order valence-electron chi connectivity index (χ2n) is 7.28. The summed E-state index contributed by atoms with van der Waals surface area (Å²) in [5.41, 5.74) is 6.58. The van der Waals surface area contributed by atoms with Gasteiger partial charge in [-0.3, -0.25) is 14.3 Å². The summed E-state index contributed by atoms with van der Waals surface area (Å²) in [4.78, 5) is 24.1. The van der Waals surface area contributed by atoms with Gasteiger partial charge in [-0.1, -0.05) is 12.1 Å². The Morgan fingerprint density at radius 2 is 1.39 bits per heavy atom. The minimum atomic E-state index is -3.92. The molecule has 0 aromatic heterocycles. The van der Waals surface area contributed by atoms with Crippen LogP contribution >= 0.6 is 0 Å². The molecule has 0 heterocycles. The van der Waals surface area contributed by atoms with Crippen molar-refractivity contribution in [3.63, 3.8) is 0 Å². The molecule has 2 amide bonds. The van der Waals surface area contributed by atoms with Gasteiger partial charge in [0, 0.05) is 17.8 Å². The van der Waals surface area contributed by atoms with Crippen molar-refractivity contribution in [1.29, 1.82) is 0 Å². The second-order valence-corrected chi connectivity index (χ2v) is 8.96. The van der Waals surface area contributed by atoms with Crippen LogP contribution < -0.4 is 15.8 Å². The molecule has 0 spiro atoms. The van der Waals surface area contributed by atoms with Crippen LogP contribution in [0.1, 0.15) is 15.9 Å². The lowest BCUT2D eigenvalue weighted by molar-refractivity contribution is -0.121. The number of halogens is 2. The van der Waals surface area contributed by atoms with E-state index in [1.165, 1.54) is 36.4 Å². The molecular formula is C23H21F2N3O4S. The third-order valence-corrected chi connectivity index (χ3v) is 6.23. The van der Waals surface area contributed by atoms with Gasteiger partial charge in [-0.05, 0) is 72.6 Å². The number of rotatable bonds is 9. The van der Waals surface area contributed by atoms with Crippen LogP contribution in [-0.2, 0) is 21.2 Å². The lowest BCUT2D eigenvalue weighted by atomic mass is 9.98. The number of primary amides is 1. The predicted molar refractivity (Wildman–Crippen MR) is 119 cm³/mol. The maximum absolute atomic E-state index is 13.0. The predicted octanol–water partition coefficient (Wildman–Crippen LogP) is 2.84. The molecule has 0 bridgehead atoms. The molecule has 1 unspecified atom stereocenters. The topological polar surface area (TPSA) is 118 Å². The van der Waals surface area contributed by atoms with Crippen molar-refractivity contribution in [3.05, 3.63) is 95.6 Å². The summed E-state index contributed by atoms with van der Waals surface area (Å²) in [7, 11) is -3.92. The van der Waals surface area contributed by atoms with E-state index in [0.717, 1.165) is 24.3 Å². The van der Waals surface area contributed by atoms with E-state index in [1.54, 1.807) is 12.1 Å². The molecule has 3 rings (SSSR count). The Kier molecular flexibility index (Phi) is 7.39. The number of hydrogen-bond acceptors (Lipinski definition) is 4. The van der Waals surface area contributed by atoms with Gasteiger partial charge in [-0.2, -0.15) is 0 Å². The first kappa shape index (κ1) is 23.9. The van der Waals surface area contributed by atoms with Crippen LogP contribution in [0.5, 0.6) is 0 Å². The third-order valence-electron chi connectivity index (χ3n) is 4.83. The van der Waals surface area contributed by atoms with E-state index in [-0.39, 0.29) is 29.1 Å². The summed E-state index contributed by atoms with van der Waals surface area (Å²) >= 11 is 0. The molecule has 4 N–H and O–H groups in total. The number of anilines is 1. The Morgan fingerprint density at radius 1 is 0.848 bits per heavy atom. The van der Waals surface area contributed by atoms with Gasteiger partial charge in [0.25, 0.3) is 15.9 Å². The SMILES string of the molecule is NC(=O)C(CNC(=O)c1ccc(NS(=O)(=O)c2ccc(F)cc2)cc1)Cc1ccc(F)cc1. The largest absolute Gasteiger partial charge is 0.369 e. The number of carbonyl (C=O) groups is 2. The average Bonchev–Trinajstić information content (AvgIpc) is 2.78. The Balaban J connectivity index is 1.60. The molecule has 7 nitrogen and oxygen atoms in total. The van der Waals surface area contributed by atoms with Crippen molar-refractivity contribution in [2.24, 2.45) is 11.7 Å². The number of nitrogens with one attached hydrogen (secondary N) is 2. The van der Waals surface area contributed by atoms with Crippen LogP contribution in [0.15, 0.2) is 77.7 Å². The van der Waals surface area contributed by atoms with Gasteiger partial charge in [0.1, 0.15) is 11.6 Å². The van der Waals surface area contributed by atoms with Crippen molar-refractivity contribution >= 4 is 27.5 Å². The van der Waals surface area contributed by atoms with Gasteiger partial charge in [0.2, 0.25) is 5.91 Å². The fraction of sp³-hybridized carbons (Fsp3) is 0.130. The molecule has 3 aromatic rings. The minimum absolute atomic E-state index is 0.0233. The summed E-state index contributed by atoms with van der Waals surface area (Å²) in [6, 6.07) is 15.6. The summed E-state index contributed by atoms with van der Waals surface area (Å²) in [5, 5.41) is 2.62. The van der Waals surface area contributed by atoms with Crippen molar-refractivity contribution in [3.8, 4) is 0 Å². The van der Waals surface area contributed by atoms with Crippen LogP contribution in [-0.4, -0.2) is 26.8 Å². The van der Waals surface area contributed by atoms with E-state index in [1.807, 2.05) is 0 Å². The number of carbonyl (C=O) groups excluding carboxylic acids is 2. The van der Waals surface area contributed by atoms with E-state index < -0.39 is 39.4 Å². The lowest BCUT2D eigenvalue weighted by Crippen LogP contribution is -2.37. The maximum atomic E-state index is 13.0. The zero-order valence-electron chi connectivity index (χ0n) is 17.3. The zero-order valence-corrected chi connectivity index (χ0v) is 18.1. The highest BCUT2D eigenvalue weighted by Crippen LogP contribution is 2.17. The molecule has 0 aliphatic heterocycles. The van der Waals surface area contributed by atoms with E-state index in [0.29, 0.717) is 5.56 Å². The smallest absolute Gasteiger partial charge is 0.261 e. The van der Waals surface area contributed by atoms with Crippen LogP contribution in [0.3, 0.4) is 0 Å². The maximum Gasteiger partial charge on any atom is 0.261 e. The molecule has 0 aliphatic carbocycles. The molecular weight excluding hydrogens is 452 g/mol. The van der Waals surface area contributed by atoms with Crippen molar-refractivity contribution in [2.45, 2.75) is 11.3 Å². The van der Waals surface area contributed by atoms with Gasteiger partial charge >= 0.3 is 0 Å². The van der Waals surface area contributed by atoms with Crippen LogP contribution in [0.25, 0.3) is 0 Å². The quantitative estimate of drug-likeness (QED) is 0.443. The molecule has 172 valence electrons. The number of sulfonamides is 1. The van der Waals surface area contributed by atoms with E-state index in [9.17, 15) is 26.8 Å². The standard InChI is InChI=1S/C23H21F2N3O4S/c24-18-5-1-15(2-6-18)13-17(22(26)29)14-27-23(30)16-3-9-20(10-4-16)28-33(31,32)21-11-7-19(25)8-12-21/h1-12,17,28H,13-14H2,(H2,26,29)(H,27,30).